The van der Waals surface area contributed by atoms with Crippen LogP contribution in [0.1, 0.15) is 32.0 Å². The van der Waals surface area contributed by atoms with Gasteiger partial charge in [-0.05, 0) is 32.0 Å². The second-order valence-corrected chi connectivity index (χ2v) is 6.73. The van der Waals surface area contributed by atoms with Crippen LogP contribution in [0.2, 0.25) is 0 Å². The number of rotatable bonds is 4. The second kappa shape index (κ2) is 7.20. The standard InChI is InChI=1S/C22H18N4O3/c1-12-7-9-14(10-8-12)18-11-16(19-13(2)26-29-22(19)25-18)21(28)24-17-6-4-3-5-15(17)20(23)27/h3-11H,1-2H3,(H2,23,27)(H,24,28). The number of fused-ring (bicyclic) bond motifs is 1. The van der Waals surface area contributed by atoms with Gasteiger partial charge in [0.1, 0.15) is 0 Å². The van der Waals surface area contributed by atoms with E-state index >= 15 is 0 Å². The Balaban J connectivity index is 1.82. The van der Waals surface area contributed by atoms with Crippen LogP contribution in [0.5, 0.6) is 0 Å². The number of hydrogen-bond donors (Lipinski definition) is 2. The molecule has 29 heavy (non-hydrogen) atoms. The van der Waals surface area contributed by atoms with Crippen molar-refractivity contribution in [3.63, 3.8) is 0 Å². The second-order valence-electron chi connectivity index (χ2n) is 6.73. The molecule has 0 spiro atoms. The van der Waals surface area contributed by atoms with E-state index in [1.54, 1.807) is 37.3 Å². The number of pyridine rings is 1. The highest BCUT2D eigenvalue weighted by Crippen LogP contribution is 2.28. The number of nitrogens with one attached hydrogen (secondary N) is 1. The zero-order valence-electron chi connectivity index (χ0n) is 15.9. The minimum atomic E-state index is -0.623. The third-order valence-electron chi connectivity index (χ3n) is 4.65. The quantitative estimate of drug-likeness (QED) is 0.553. The number of nitrogens with zero attached hydrogens (tertiary/aromatic N) is 2. The fourth-order valence-corrected chi connectivity index (χ4v) is 3.14. The van der Waals surface area contributed by atoms with Crippen LogP contribution in [0.15, 0.2) is 59.1 Å². The Morgan fingerprint density at radius 3 is 2.45 bits per heavy atom. The number of nitrogens with two attached hydrogens (primary N) is 1. The number of carbonyl (C=O) groups excluding carboxylic acids is 2. The third kappa shape index (κ3) is 3.45. The maximum absolute atomic E-state index is 13.1. The molecule has 2 amide bonds. The van der Waals surface area contributed by atoms with Gasteiger partial charge in [-0.2, -0.15) is 0 Å². The van der Waals surface area contributed by atoms with E-state index < -0.39 is 11.8 Å². The number of primary amides is 1. The Hall–Kier alpha value is -4.00. The Kier molecular flexibility index (Phi) is 4.56. The van der Waals surface area contributed by atoms with Gasteiger partial charge < -0.3 is 15.6 Å². The number of aryl methyl sites for hydroxylation is 2. The summed E-state index contributed by atoms with van der Waals surface area (Å²) in [5.41, 5.74) is 9.70. The largest absolute Gasteiger partial charge is 0.366 e. The van der Waals surface area contributed by atoms with E-state index in [4.69, 9.17) is 10.3 Å². The highest BCUT2D eigenvalue weighted by atomic mass is 16.5. The summed E-state index contributed by atoms with van der Waals surface area (Å²) in [6, 6.07) is 16.1. The number of carbonyl (C=O) groups is 2. The molecule has 4 rings (SSSR count). The lowest BCUT2D eigenvalue weighted by Crippen LogP contribution is -2.18. The van der Waals surface area contributed by atoms with Crippen LogP contribution >= 0.6 is 0 Å². The molecular weight excluding hydrogens is 368 g/mol. The summed E-state index contributed by atoms with van der Waals surface area (Å²) in [5.74, 6) is -1.03. The lowest BCUT2D eigenvalue weighted by atomic mass is 10.0. The molecule has 0 aliphatic rings. The monoisotopic (exact) mass is 386 g/mol. The molecule has 0 saturated carbocycles. The maximum Gasteiger partial charge on any atom is 0.259 e. The zero-order chi connectivity index (χ0) is 20.5. The van der Waals surface area contributed by atoms with Crippen molar-refractivity contribution in [1.29, 1.82) is 0 Å². The van der Waals surface area contributed by atoms with E-state index in [0.29, 0.717) is 28.0 Å². The SMILES string of the molecule is Cc1ccc(-c2cc(C(=O)Nc3ccccc3C(N)=O)c3c(C)noc3n2)cc1. The molecule has 144 valence electrons. The number of amides is 2. The number of anilines is 1. The smallest absolute Gasteiger partial charge is 0.259 e. The van der Waals surface area contributed by atoms with E-state index in [0.717, 1.165) is 11.1 Å². The molecule has 0 unspecified atom stereocenters. The van der Waals surface area contributed by atoms with Gasteiger partial charge in [0, 0.05) is 5.56 Å². The van der Waals surface area contributed by atoms with Crippen molar-refractivity contribution in [2.24, 2.45) is 5.73 Å². The van der Waals surface area contributed by atoms with Gasteiger partial charge >= 0.3 is 0 Å². The van der Waals surface area contributed by atoms with E-state index in [1.165, 1.54) is 0 Å². The first-order valence-electron chi connectivity index (χ1n) is 8.98. The van der Waals surface area contributed by atoms with Crippen LogP contribution in [0, 0.1) is 13.8 Å². The highest BCUT2D eigenvalue weighted by molar-refractivity contribution is 6.14. The molecule has 0 radical (unpaired) electrons. The van der Waals surface area contributed by atoms with E-state index in [9.17, 15) is 9.59 Å². The van der Waals surface area contributed by atoms with E-state index in [1.807, 2.05) is 31.2 Å². The molecule has 2 aromatic carbocycles. The summed E-state index contributed by atoms with van der Waals surface area (Å²) in [5, 5.41) is 7.24. The summed E-state index contributed by atoms with van der Waals surface area (Å²) in [6.45, 7) is 3.74. The van der Waals surface area contributed by atoms with Gasteiger partial charge in [0.05, 0.1) is 33.6 Å². The van der Waals surface area contributed by atoms with Crippen LogP contribution in [0.25, 0.3) is 22.4 Å². The molecule has 3 N–H and O–H groups in total. The molecule has 2 aromatic heterocycles. The first-order chi connectivity index (χ1) is 13.9. The van der Waals surface area contributed by atoms with Gasteiger partial charge in [0.2, 0.25) is 0 Å². The zero-order valence-corrected chi connectivity index (χ0v) is 15.9. The minimum Gasteiger partial charge on any atom is -0.366 e. The molecule has 0 aliphatic heterocycles. The molecule has 4 aromatic rings. The van der Waals surface area contributed by atoms with E-state index in [2.05, 4.69) is 15.5 Å². The van der Waals surface area contributed by atoms with E-state index in [-0.39, 0.29) is 11.3 Å². The molecule has 0 atom stereocenters. The average Bonchev–Trinajstić information content (AvgIpc) is 3.09. The van der Waals surface area contributed by atoms with Gasteiger partial charge in [0.15, 0.2) is 0 Å². The normalized spacial score (nSPS) is 10.8. The summed E-state index contributed by atoms with van der Waals surface area (Å²) < 4.78 is 5.32. The van der Waals surface area contributed by atoms with Crippen LogP contribution in [-0.2, 0) is 0 Å². The first-order valence-corrected chi connectivity index (χ1v) is 8.98. The Morgan fingerprint density at radius 2 is 1.72 bits per heavy atom. The van der Waals surface area contributed by atoms with Crippen molar-refractivity contribution in [3.8, 4) is 11.3 Å². The predicted octanol–water partition coefficient (Wildman–Crippen LogP) is 3.86. The summed E-state index contributed by atoms with van der Waals surface area (Å²) >= 11 is 0. The summed E-state index contributed by atoms with van der Waals surface area (Å²) in [7, 11) is 0. The number of para-hydroxylation sites is 1. The van der Waals surface area contributed by atoms with Gasteiger partial charge in [0.25, 0.3) is 17.5 Å². The van der Waals surface area contributed by atoms with Crippen LogP contribution in [-0.4, -0.2) is 22.0 Å². The Morgan fingerprint density at radius 1 is 1.00 bits per heavy atom. The van der Waals surface area contributed by atoms with Crippen molar-refractivity contribution in [3.05, 3.63) is 77.0 Å². The lowest BCUT2D eigenvalue weighted by molar-refractivity contribution is 0.100. The lowest BCUT2D eigenvalue weighted by Gasteiger charge is -2.10. The first kappa shape index (κ1) is 18.4. The van der Waals surface area contributed by atoms with Crippen molar-refractivity contribution in [2.45, 2.75) is 13.8 Å². The number of benzene rings is 2. The van der Waals surface area contributed by atoms with Crippen molar-refractivity contribution < 1.29 is 14.1 Å². The number of hydrogen-bond acceptors (Lipinski definition) is 5. The fourth-order valence-electron chi connectivity index (χ4n) is 3.14. The van der Waals surface area contributed by atoms with Crippen molar-refractivity contribution in [2.75, 3.05) is 5.32 Å². The molecule has 7 heteroatoms. The summed E-state index contributed by atoms with van der Waals surface area (Å²) in [4.78, 5) is 29.3. The predicted molar refractivity (Wildman–Crippen MR) is 110 cm³/mol. The number of aromatic nitrogens is 2. The van der Waals surface area contributed by atoms with Crippen LogP contribution in [0.3, 0.4) is 0 Å². The van der Waals surface area contributed by atoms with Gasteiger partial charge in [-0.25, -0.2) is 4.98 Å². The minimum absolute atomic E-state index is 0.229. The van der Waals surface area contributed by atoms with Crippen LogP contribution < -0.4 is 11.1 Å². The fraction of sp³-hybridized carbons (Fsp3) is 0.0909. The molecule has 2 heterocycles. The topological polar surface area (TPSA) is 111 Å². The molecule has 0 fully saturated rings. The van der Waals surface area contributed by atoms with Gasteiger partial charge in [-0.15, -0.1) is 0 Å². The Bertz CT molecular complexity index is 1240. The molecule has 0 saturated heterocycles. The van der Waals surface area contributed by atoms with Gasteiger partial charge in [-0.1, -0.05) is 47.1 Å². The van der Waals surface area contributed by atoms with Crippen molar-refractivity contribution in [1.82, 2.24) is 10.1 Å². The maximum atomic E-state index is 13.1. The molecule has 7 nitrogen and oxygen atoms in total. The third-order valence-corrected chi connectivity index (χ3v) is 4.65. The molecular formula is C22H18N4O3. The molecule has 0 bridgehead atoms. The van der Waals surface area contributed by atoms with Gasteiger partial charge in [-0.3, -0.25) is 9.59 Å². The Labute approximate surface area is 166 Å². The molecule has 0 aliphatic carbocycles. The van der Waals surface area contributed by atoms with Crippen LogP contribution in [0.4, 0.5) is 5.69 Å². The van der Waals surface area contributed by atoms with Crippen molar-refractivity contribution >= 4 is 28.6 Å². The highest BCUT2D eigenvalue weighted by Gasteiger charge is 2.20. The average molecular weight is 386 g/mol. The summed E-state index contributed by atoms with van der Waals surface area (Å²) in [6.07, 6.45) is 0.